The van der Waals surface area contributed by atoms with E-state index in [0.717, 1.165) is 16.6 Å². The summed E-state index contributed by atoms with van der Waals surface area (Å²) in [5.41, 5.74) is 6.50. The summed E-state index contributed by atoms with van der Waals surface area (Å²) in [5.74, 6) is 0. The standard InChI is InChI=1S/C46H71N3S3/c1-3-5-7-9-11-13-15-17-19-21-23-25-27-29-32-46(33-30-28-26-24-22-20-18-16-14-12-10-8-6-4-2)39-31-34-50-44(39)45-40(46)35-42(51-45)38-36-47-37-41-43(38)49-52-48-41/h31,34-37H,3-30,32-33H2,1-2H3. The minimum atomic E-state index is 0.162. The molecular weight excluding hydrogens is 691 g/mol. The lowest BCUT2D eigenvalue weighted by molar-refractivity contribution is 0.397. The van der Waals surface area contributed by atoms with Gasteiger partial charge in [0.25, 0.3) is 0 Å². The van der Waals surface area contributed by atoms with E-state index in [1.165, 1.54) is 214 Å². The molecule has 0 atom stereocenters. The molecule has 0 saturated carbocycles. The van der Waals surface area contributed by atoms with Crippen molar-refractivity contribution in [1.29, 1.82) is 0 Å². The van der Waals surface area contributed by atoms with Crippen molar-refractivity contribution in [2.24, 2.45) is 0 Å². The highest BCUT2D eigenvalue weighted by Crippen LogP contribution is 2.60. The van der Waals surface area contributed by atoms with Crippen molar-refractivity contribution in [2.75, 3.05) is 0 Å². The van der Waals surface area contributed by atoms with Gasteiger partial charge < -0.3 is 0 Å². The van der Waals surface area contributed by atoms with E-state index >= 15 is 0 Å². The Hall–Kier alpha value is -1.63. The molecule has 52 heavy (non-hydrogen) atoms. The molecular formula is C46H71N3S3. The van der Waals surface area contributed by atoms with Crippen LogP contribution in [0.1, 0.15) is 218 Å². The number of rotatable bonds is 31. The average Bonchev–Trinajstić information content (AvgIpc) is 3.97. The largest absolute Gasteiger partial charge is 0.262 e. The first-order chi connectivity index (χ1) is 25.8. The molecule has 0 N–H and O–H groups in total. The SMILES string of the molecule is CCCCCCCCCCCCCCCCC1(CCCCCCCCCCCCCCCC)c2ccsc2-c2sc(-c3cncc4nsnc34)cc21. The predicted octanol–water partition coefficient (Wildman–Crippen LogP) is 16.9. The molecule has 4 aromatic heterocycles. The first kappa shape index (κ1) is 41.5. The van der Waals surface area contributed by atoms with Crippen LogP contribution in [-0.2, 0) is 5.41 Å². The number of hydrogen-bond acceptors (Lipinski definition) is 6. The van der Waals surface area contributed by atoms with Crippen molar-refractivity contribution in [3.05, 3.63) is 41.0 Å². The number of nitrogens with zero attached hydrogens (tertiary/aromatic N) is 3. The van der Waals surface area contributed by atoms with Crippen molar-refractivity contribution in [3.63, 3.8) is 0 Å². The molecule has 1 aliphatic rings. The van der Waals surface area contributed by atoms with E-state index in [0.29, 0.717) is 0 Å². The Kier molecular flexibility index (Phi) is 19.2. The van der Waals surface area contributed by atoms with Crippen LogP contribution in [0.2, 0.25) is 0 Å². The predicted molar refractivity (Wildman–Crippen MR) is 232 cm³/mol. The van der Waals surface area contributed by atoms with Crippen LogP contribution in [0.25, 0.3) is 31.2 Å². The van der Waals surface area contributed by atoms with Gasteiger partial charge in [-0.05, 0) is 41.5 Å². The van der Waals surface area contributed by atoms with Gasteiger partial charge in [-0.2, -0.15) is 8.75 Å². The van der Waals surface area contributed by atoms with Gasteiger partial charge in [-0.1, -0.05) is 194 Å². The van der Waals surface area contributed by atoms with Crippen LogP contribution in [0.4, 0.5) is 0 Å². The Bertz CT molecular complexity index is 1480. The number of thiophene rings is 2. The molecule has 0 amide bonds. The Morgan fingerprint density at radius 3 is 1.50 bits per heavy atom. The van der Waals surface area contributed by atoms with Crippen LogP contribution < -0.4 is 0 Å². The molecule has 0 aliphatic heterocycles. The summed E-state index contributed by atoms with van der Waals surface area (Å²) in [6.45, 7) is 4.62. The fraction of sp³-hybridized carbons (Fsp3) is 0.717. The summed E-state index contributed by atoms with van der Waals surface area (Å²) in [4.78, 5) is 8.95. The van der Waals surface area contributed by atoms with E-state index in [1.807, 2.05) is 35.1 Å². The lowest BCUT2D eigenvalue weighted by Crippen LogP contribution is -2.24. The summed E-state index contributed by atoms with van der Waals surface area (Å²) < 4.78 is 9.19. The maximum atomic E-state index is 4.69. The van der Waals surface area contributed by atoms with E-state index in [4.69, 9.17) is 0 Å². The number of unbranched alkanes of at least 4 members (excludes halogenated alkanes) is 26. The van der Waals surface area contributed by atoms with Gasteiger partial charge in [-0.15, -0.1) is 22.7 Å². The second-order valence-electron chi connectivity index (χ2n) is 16.1. The zero-order valence-electron chi connectivity index (χ0n) is 33.2. The summed E-state index contributed by atoms with van der Waals surface area (Å²) in [6, 6.07) is 5.04. The Balaban J connectivity index is 1.11. The monoisotopic (exact) mass is 761 g/mol. The van der Waals surface area contributed by atoms with Gasteiger partial charge in [-0.25, -0.2) is 0 Å². The topological polar surface area (TPSA) is 38.7 Å². The Morgan fingerprint density at radius 1 is 0.519 bits per heavy atom. The summed E-state index contributed by atoms with van der Waals surface area (Å²) >= 11 is 5.24. The molecule has 0 bridgehead atoms. The van der Waals surface area contributed by atoms with Crippen LogP contribution in [0, 0.1) is 0 Å². The number of pyridine rings is 1. The van der Waals surface area contributed by atoms with E-state index in [2.05, 4.69) is 45.1 Å². The van der Waals surface area contributed by atoms with E-state index in [1.54, 1.807) is 16.0 Å². The van der Waals surface area contributed by atoms with Crippen LogP contribution in [0.3, 0.4) is 0 Å². The maximum Gasteiger partial charge on any atom is 0.123 e. The van der Waals surface area contributed by atoms with Gasteiger partial charge in [0.1, 0.15) is 11.0 Å². The first-order valence-electron chi connectivity index (χ1n) is 22.1. The molecule has 0 saturated heterocycles. The zero-order valence-corrected chi connectivity index (χ0v) is 35.6. The van der Waals surface area contributed by atoms with Gasteiger partial charge in [0.05, 0.1) is 17.9 Å². The number of fused-ring (bicyclic) bond motifs is 4. The molecule has 4 heterocycles. The van der Waals surface area contributed by atoms with Crippen LogP contribution in [0.15, 0.2) is 29.9 Å². The fourth-order valence-electron chi connectivity index (χ4n) is 8.85. The highest BCUT2D eigenvalue weighted by atomic mass is 32.1. The van der Waals surface area contributed by atoms with Gasteiger partial charge in [0.15, 0.2) is 0 Å². The molecule has 0 aromatic carbocycles. The van der Waals surface area contributed by atoms with Gasteiger partial charge in [0.2, 0.25) is 0 Å². The minimum Gasteiger partial charge on any atom is -0.262 e. The molecule has 5 rings (SSSR count). The van der Waals surface area contributed by atoms with Crippen molar-refractivity contribution >= 4 is 45.4 Å². The molecule has 0 radical (unpaired) electrons. The molecule has 288 valence electrons. The fourth-order valence-corrected chi connectivity index (χ4v) is 11.8. The highest BCUT2D eigenvalue weighted by Gasteiger charge is 2.44. The lowest BCUT2D eigenvalue weighted by atomic mass is 9.71. The quantitative estimate of drug-likeness (QED) is 0.0479. The molecule has 0 fully saturated rings. The first-order valence-corrected chi connectivity index (χ1v) is 24.5. The van der Waals surface area contributed by atoms with Crippen LogP contribution in [0.5, 0.6) is 0 Å². The minimum absolute atomic E-state index is 0.162. The lowest BCUT2D eigenvalue weighted by Gasteiger charge is -2.31. The third kappa shape index (κ3) is 12.2. The number of aromatic nitrogens is 3. The summed E-state index contributed by atoms with van der Waals surface area (Å²) in [6.07, 6.45) is 46.2. The normalized spacial score (nSPS) is 13.3. The van der Waals surface area contributed by atoms with E-state index < -0.39 is 0 Å². The molecule has 6 heteroatoms. The maximum absolute atomic E-state index is 4.69. The third-order valence-corrected chi connectivity index (χ3v) is 14.8. The Labute approximate surface area is 330 Å². The van der Waals surface area contributed by atoms with E-state index in [9.17, 15) is 0 Å². The molecule has 0 unspecified atom stereocenters. The summed E-state index contributed by atoms with van der Waals surface area (Å²) in [7, 11) is 0. The van der Waals surface area contributed by atoms with Crippen LogP contribution >= 0.6 is 34.4 Å². The Morgan fingerprint density at radius 2 is 1.00 bits per heavy atom. The van der Waals surface area contributed by atoms with Gasteiger partial charge in [0, 0.05) is 31.8 Å². The number of hydrogen-bond donors (Lipinski definition) is 0. The molecule has 1 aliphatic carbocycles. The molecule has 3 nitrogen and oxygen atoms in total. The second-order valence-corrected chi connectivity index (χ2v) is 18.6. The smallest absolute Gasteiger partial charge is 0.123 e. The summed E-state index contributed by atoms with van der Waals surface area (Å²) in [5, 5.41) is 2.37. The average molecular weight is 762 g/mol. The second kappa shape index (κ2) is 24.0. The zero-order chi connectivity index (χ0) is 36.1. The van der Waals surface area contributed by atoms with E-state index in [-0.39, 0.29) is 5.41 Å². The third-order valence-electron chi connectivity index (χ3n) is 12.0. The van der Waals surface area contributed by atoms with Gasteiger partial charge in [-0.3, -0.25) is 4.98 Å². The highest BCUT2D eigenvalue weighted by molar-refractivity contribution is 7.24. The van der Waals surface area contributed by atoms with Gasteiger partial charge >= 0.3 is 0 Å². The molecule has 4 aromatic rings. The molecule has 0 spiro atoms. The van der Waals surface area contributed by atoms with Crippen molar-refractivity contribution in [3.8, 4) is 20.2 Å². The van der Waals surface area contributed by atoms with Crippen LogP contribution in [-0.4, -0.2) is 13.7 Å². The van der Waals surface area contributed by atoms with Crippen molar-refractivity contribution < 1.29 is 0 Å². The van der Waals surface area contributed by atoms with Crippen molar-refractivity contribution in [2.45, 2.75) is 212 Å². The van der Waals surface area contributed by atoms with Crippen molar-refractivity contribution in [1.82, 2.24) is 13.7 Å².